The van der Waals surface area contributed by atoms with E-state index in [-0.39, 0.29) is 18.6 Å². The number of nitrogens with zero attached hydrogens (tertiary/aromatic N) is 2. The van der Waals surface area contributed by atoms with Gasteiger partial charge in [0.15, 0.2) is 6.61 Å². The molecule has 1 amide bonds. The maximum Gasteiger partial charge on any atom is 0.260 e. The molecule has 1 aliphatic heterocycles. The van der Waals surface area contributed by atoms with Crippen molar-refractivity contribution in [1.82, 2.24) is 9.88 Å². The topological polar surface area (TPSA) is 60.9 Å². The number of hydrogen-bond donors (Lipinski definition) is 0. The van der Waals surface area contributed by atoms with Crippen molar-refractivity contribution in [2.24, 2.45) is 0 Å². The molecule has 1 fully saturated rings. The van der Waals surface area contributed by atoms with Crippen molar-refractivity contribution >= 4 is 16.8 Å². The first-order valence-corrected chi connectivity index (χ1v) is 8.78. The van der Waals surface area contributed by atoms with Gasteiger partial charge in [0.25, 0.3) is 5.91 Å². The number of ether oxygens (including phenoxy) is 3. The van der Waals surface area contributed by atoms with Crippen LogP contribution in [0.1, 0.15) is 0 Å². The Morgan fingerprint density at radius 1 is 1.04 bits per heavy atom. The third kappa shape index (κ3) is 3.95. The van der Waals surface area contributed by atoms with Gasteiger partial charge in [-0.25, -0.2) is 4.98 Å². The van der Waals surface area contributed by atoms with Crippen molar-refractivity contribution in [2.75, 3.05) is 26.8 Å². The number of methoxy groups -OCH3 is 1. The number of carbonyl (C=O) groups is 1. The lowest BCUT2D eigenvalue weighted by Gasteiger charge is -2.38. The molecule has 0 aliphatic carbocycles. The van der Waals surface area contributed by atoms with Crippen LogP contribution in [-0.2, 0) is 4.79 Å². The summed E-state index contributed by atoms with van der Waals surface area (Å²) >= 11 is 0. The van der Waals surface area contributed by atoms with Gasteiger partial charge in [-0.15, -0.1) is 0 Å². The summed E-state index contributed by atoms with van der Waals surface area (Å²) in [5.74, 6) is 1.91. The number of amides is 1. The average Bonchev–Trinajstić information content (AvgIpc) is 2.69. The van der Waals surface area contributed by atoms with Crippen LogP contribution < -0.4 is 14.2 Å². The van der Waals surface area contributed by atoms with Crippen LogP contribution >= 0.6 is 0 Å². The normalized spacial score (nSPS) is 13.9. The van der Waals surface area contributed by atoms with Crippen molar-refractivity contribution in [3.8, 4) is 17.4 Å². The predicted octanol–water partition coefficient (Wildman–Crippen LogP) is 2.91. The number of likely N-dealkylation sites (tertiary alicyclic amines) is 1. The Morgan fingerprint density at radius 2 is 1.78 bits per heavy atom. The quantitative estimate of drug-likeness (QED) is 0.673. The van der Waals surface area contributed by atoms with Crippen LogP contribution in [0.4, 0.5) is 0 Å². The molecule has 1 aliphatic rings. The second-order valence-electron chi connectivity index (χ2n) is 6.34. The fourth-order valence-corrected chi connectivity index (χ4v) is 2.91. The number of hydrogen-bond acceptors (Lipinski definition) is 5. The van der Waals surface area contributed by atoms with Gasteiger partial charge in [-0.1, -0.05) is 18.2 Å². The summed E-state index contributed by atoms with van der Waals surface area (Å²) in [6.45, 7) is 1.09. The minimum absolute atomic E-state index is 0.00722. The van der Waals surface area contributed by atoms with Crippen LogP contribution in [0.15, 0.2) is 60.7 Å². The van der Waals surface area contributed by atoms with Crippen LogP contribution in [-0.4, -0.2) is 48.7 Å². The Bertz CT molecular complexity index is 936. The highest BCUT2D eigenvalue weighted by atomic mass is 16.5. The number of pyridine rings is 1. The molecule has 1 saturated heterocycles. The molecule has 27 heavy (non-hydrogen) atoms. The minimum Gasteiger partial charge on any atom is -0.497 e. The number of aromatic nitrogens is 1. The molecule has 0 unspecified atom stereocenters. The third-order valence-corrected chi connectivity index (χ3v) is 4.48. The first-order chi connectivity index (χ1) is 13.2. The first-order valence-electron chi connectivity index (χ1n) is 8.78. The lowest BCUT2D eigenvalue weighted by atomic mass is 10.1. The number of para-hydroxylation sites is 1. The molecule has 4 rings (SSSR count). The van der Waals surface area contributed by atoms with E-state index in [9.17, 15) is 4.79 Å². The zero-order valence-electron chi connectivity index (χ0n) is 15.0. The van der Waals surface area contributed by atoms with Crippen molar-refractivity contribution in [3.05, 3.63) is 60.7 Å². The third-order valence-electron chi connectivity index (χ3n) is 4.48. The molecular weight excluding hydrogens is 344 g/mol. The summed E-state index contributed by atoms with van der Waals surface area (Å²) < 4.78 is 16.5. The van der Waals surface area contributed by atoms with Crippen molar-refractivity contribution in [1.29, 1.82) is 0 Å². The molecule has 0 spiro atoms. The zero-order chi connectivity index (χ0) is 18.6. The van der Waals surface area contributed by atoms with Crippen LogP contribution in [0, 0.1) is 0 Å². The van der Waals surface area contributed by atoms with E-state index in [0.29, 0.717) is 24.7 Å². The largest absolute Gasteiger partial charge is 0.497 e. The van der Waals surface area contributed by atoms with Crippen molar-refractivity contribution in [2.45, 2.75) is 6.10 Å². The van der Waals surface area contributed by atoms with Crippen LogP contribution in [0.25, 0.3) is 10.9 Å². The van der Waals surface area contributed by atoms with Crippen LogP contribution in [0.3, 0.4) is 0 Å². The van der Waals surface area contributed by atoms with Crippen LogP contribution in [0.2, 0.25) is 0 Å². The molecule has 0 radical (unpaired) electrons. The predicted molar refractivity (Wildman–Crippen MR) is 101 cm³/mol. The van der Waals surface area contributed by atoms with Crippen molar-refractivity contribution in [3.63, 3.8) is 0 Å². The van der Waals surface area contributed by atoms with Gasteiger partial charge in [-0.3, -0.25) is 4.79 Å². The summed E-state index contributed by atoms with van der Waals surface area (Å²) in [5.41, 5.74) is 0.898. The summed E-state index contributed by atoms with van der Waals surface area (Å²) in [4.78, 5) is 18.4. The summed E-state index contributed by atoms with van der Waals surface area (Å²) in [5, 5.41) is 1.07. The Morgan fingerprint density at radius 3 is 2.56 bits per heavy atom. The molecule has 2 heterocycles. The first kappa shape index (κ1) is 17.1. The molecule has 0 N–H and O–H groups in total. The number of fused-ring (bicyclic) bond motifs is 1. The zero-order valence-corrected chi connectivity index (χ0v) is 15.0. The van der Waals surface area contributed by atoms with E-state index in [1.807, 2.05) is 36.4 Å². The standard InChI is InChI=1S/C21H20N2O4/c1-25-16-7-9-17(10-8-16)26-14-21(24)23-12-18(13-23)27-20-11-6-15-4-2-3-5-19(15)22-20/h2-11,18H,12-14H2,1H3. The van der Waals surface area contributed by atoms with Gasteiger partial charge in [0.1, 0.15) is 17.6 Å². The Labute approximate surface area is 157 Å². The van der Waals surface area contributed by atoms with Crippen molar-refractivity contribution < 1.29 is 19.0 Å². The number of rotatable bonds is 6. The lowest BCUT2D eigenvalue weighted by Crippen LogP contribution is -2.57. The van der Waals surface area contributed by atoms with Crippen LogP contribution in [0.5, 0.6) is 17.4 Å². The maximum atomic E-state index is 12.2. The fourth-order valence-electron chi connectivity index (χ4n) is 2.91. The molecule has 1 aromatic heterocycles. The Balaban J connectivity index is 1.25. The van der Waals surface area contributed by atoms with Gasteiger partial charge in [-0.05, 0) is 36.4 Å². The van der Waals surface area contributed by atoms with E-state index < -0.39 is 0 Å². The average molecular weight is 364 g/mol. The van der Waals surface area contributed by atoms with E-state index in [1.165, 1.54) is 0 Å². The van der Waals surface area contributed by atoms with Gasteiger partial charge in [0, 0.05) is 11.5 Å². The Kier molecular flexibility index (Phi) is 4.78. The molecule has 0 atom stereocenters. The summed E-state index contributed by atoms with van der Waals surface area (Å²) in [6.07, 6.45) is -0.0383. The maximum absolute atomic E-state index is 12.2. The number of benzene rings is 2. The number of carbonyl (C=O) groups excluding carboxylic acids is 1. The molecule has 138 valence electrons. The van der Waals surface area contributed by atoms with E-state index >= 15 is 0 Å². The van der Waals surface area contributed by atoms with E-state index in [2.05, 4.69) is 4.98 Å². The fraction of sp³-hybridized carbons (Fsp3) is 0.238. The molecule has 6 heteroatoms. The highest BCUT2D eigenvalue weighted by Gasteiger charge is 2.32. The smallest absolute Gasteiger partial charge is 0.260 e. The molecule has 2 aromatic carbocycles. The van der Waals surface area contributed by atoms with Gasteiger partial charge in [-0.2, -0.15) is 0 Å². The second kappa shape index (κ2) is 7.53. The van der Waals surface area contributed by atoms with E-state index in [0.717, 1.165) is 16.7 Å². The van der Waals surface area contributed by atoms with Gasteiger partial charge < -0.3 is 19.1 Å². The van der Waals surface area contributed by atoms with E-state index in [4.69, 9.17) is 14.2 Å². The molecule has 6 nitrogen and oxygen atoms in total. The monoisotopic (exact) mass is 364 g/mol. The molecule has 0 bridgehead atoms. The highest BCUT2D eigenvalue weighted by Crippen LogP contribution is 2.21. The van der Waals surface area contributed by atoms with Gasteiger partial charge >= 0.3 is 0 Å². The lowest BCUT2D eigenvalue weighted by molar-refractivity contribution is -0.142. The van der Waals surface area contributed by atoms with E-state index in [1.54, 1.807) is 36.3 Å². The molecular formula is C21H20N2O4. The Hall–Kier alpha value is -3.28. The highest BCUT2D eigenvalue weighted by molar-refractivity contribution is 5.79. The van der Waals surface area contributed by atoms with Gasteiger partial charge in [0.2, 0.25) is 5.88 Å². The molecule has 3 aromatic rings. The minimum atomic E-state index is -0.0582. The second-order valence-corrected chi connectivity index (χ2v) is 6.34. The summed E-state index contributed by atoms with van der Waals surface area (Å²) in [6, 6.07) is 18.9. The SMILES string of the molecule is COc1ccc(OCC(=O)N2CC(Oc3ccc4ccccc4n3)C2)cc1. The van der Waals surface area contributed by atoms with Gasteiger partial charge in [0.05, 0.1) is 25.7 Å². The molecule has 0 saturated carbocycles. The summed E-state index contributed by atoms with van der Waals surface area (Å²) in [7, 11) is 1.61.